The van der Waals surface area contributed by atoms with Crippen molar-refractivity contribution in [2.75, 3.05) is 0 Å². The molecular weight excluding hydrogens is 176 g/mol. The molecular formula is C12H32O2. The Labute approximate surface area is 91.7 Å². The summed E-state index contributed by atoms with van der Waals surface area (Å²) in [5.74, 6) is -0.972. The zero-order valence-corrected chi connectivity index (χ0v) is 8.05. The normalized spacial score (nSPS) is 6.93. The summed E-state index contributed by atoms with van der Waals surface area (Å²) < 4.78 is 0. The highest BCUT2D eigenvalue weighted by molar-refractivity contribution is 5.68. The number of rotatable bonds is 3. The Balaban J connectivity index is -0.0000000321. The van der Waals surface area contributed by atoms with Crippen LogP contribution in [0.1, 0.15) is 69.2 Å². The zero-order chi connectivity index (χ0) is 9.28. The van der Waals surface area contributed by atoms with Gasteiger partial charge in [0.1, 0.15) is 0 Å². The second-order valence-corrected chi connectivity index (χ2v) is 2.85. The van der Waals surface area contributed by atoms with Gasteiger partial charge in [0.15, 0.2) is 0 Å². The summed E-state index contributed by atoms with van der Waals surface area (Å²) in [4.78, 5) is 9.70. The van der Waals surface area contributed by atoms with Gasteiger partial charge in [-0.3, -0.25) is 4.79 Å². The van der Waals surface area contributed by atoms with Crippen molar-refractivity contribution < 1.29 is 9.90 Å². The topological polar surface area (TPSA) is 37.3 Å². The Morgan fingerprint density at radius 1 is 1.07 bits per heavy atom. The molecule has 1 N–H and O–H groups in total. The maximum Gasteiger partial charge on any atom is 0.305 e. The summed E-state index contributed by atoms with van der Waals surface area (Å²) in [5.41, 5.74) is 0. The molecule has 0 aromatic carbocycles. The van der Waals surface area contributed by atoms with Crippen LogP contribution in [0.2, 0.25) is 0 Å². The van der Waals surface area contributed by atoms with Crippen LogP contribution in [0.3, 0.4) is 0 Å². The Hall–Kier alpha value is -0.530. The second-order valence-electron chi connectivity index (χ2n) is 2.85. The highest BCUT2D eigenvalue weighted by atomic mass is 16.4. The summed E-state index contributed by atoms with van der Waals surface area (Å²) in [7, 11) is 0. The highest BCUT2D eigenvalue weighted by Gasteiger charge is 1.99. The standard InChI is InChI=1S/C5H12.C4H8O2.3CH4/c1-3-5-4-2;1-3(2)4(5)6;;;/h3-5H2,1-2H3;3H,1-2H3,(H,5,6);3*1H4. The van der Waals surface area contributed by atoms with Gasteiger partial charge in [0, 0.05) is 0 Å². The number of carbonyl (C=O) groups is 1. The molecule has 2 heteroatoms. The first-order valence-corrected chi connectivity index (χ1v) is 4.29. The third kappa shape index (κ3) is 42.0. The van der Waals surface area contributed by atoms with E-state index in [1.54, 1.807) is 13.8 Å². The first-order chi connectivity index (χ1) is 5.06. The van der Waals surface area contributed by atoms with Crippen LogP contribution < -0.4 is 0 Å². The number of carboxylic acid groups (broad SMARTS) is 1. The highest BCUT2D eigenvalue weighted by Crippen LogP contribution is 1.88. The number of carboxylic acids is 1. The monoisotopic (exact) mass is 208 g/mol. The Kier molecular flexibility index (Phi) is 47.7. The van der Waals surface area contributed by atoms with Crippen LogP contribution in [-0.2, 0) is 4.79 Å². The maximum atomic E-state index is 9.70. The first-order valence-electron chi connectivity index (χ1n) is 4.29. The number of unbranched alkanes of at least 4 members (excludes halogenated alkanes) is 2. The van der Waals surface area contributed by atoms with E-state index < -0.39 is 5.97 Å². The van der Waals surface area contributed by atoms with Crippen molar-refractivity contribution in [3.63, 3.8) is 0 Å². The minimum absolute atomic E-state index is 0. The van der Waals surface area contributed by atoms with Crippen LogP contribution in [-0.4, -0.2) is 11.1 Å². The van der Waals surface area contributed by atoms with Crippen LogP contribution in [0.5, 0.6) is 0 Å². The lowest BCUT2D eigenvalue weighted by Crippen LogP contribution is -2.03. The maximum absolute atomic E-state index is 9.70. The van der Waals surface area contributed by atoms with Crippen LogP contribution in [0, 0.1) is 5.92 Å². The predicted molar refractivity (Wildman–Crippen MR) is 67.9 cm³/mol. The van der Waals surface area contributed by atoms with E-state index in [4.69, 9.17) is 5.11 Å². The van der Waals surface area contributed by atoms with Gasteiger partial charge in [-0.25, -0.2) is 0 Å². The summed E-state index contributed by atoms with van der Waals surface area (Å²) in [6, 6.07) is 0. The molecule has 14 heavy (non-hydrogen) atoms. The van der Waals surface area contributed by atoms with Gasteiger partial charge in [0.05, 0.1) is 5.92 Å². The molecule has 2 nitrogen and oxygen atoms in total. The molecule has 0 rings (SSSR count). The molecule has 0 amide bonds. The summed E-state index contributed by atoms with van der Waals surface area (Å²) >= 11 is 0. The van der Waals surface area contributed by atoms with Crippen molar-refractivity contribution in [2.45, 2.75) is 69.2 Å². The molecule has 0 aromatic rings. The summed E-state index contributed by atoms with van der Waals surface area (Å²) in [5, 5.41) is 7.99. The van der Waals surface area contributed by atoms with Crippen molar-refractivity contribution in [1.29, 1.82) is 0 Å². The molecule has 0 saturated carbocycles. The molecule has 0 bridgehead atoms. The number of hydrogen-bond acceptors (Lipinski definition) is 1. The van der Waals surface area contributed by atoms with Crippen LogP contribution in [0.15, 0.2) is 0 Å². The first kappa shape index (κ1) is 29.2. The van der Waals surface area contributed by atoms with Crippen molar-refractivity contribution in [3.8, 4) is 0 Å². The third-order valence-electron chi connectivity index (χ3n) is 1.20. The molecule has 92 valence electrons. The third-order valence-corrected chi connectivity index (χ3v) is 1.20. The van der Waals surface area contributed by atoms with Crippen molar-refractivity contribution in [1.82, 2.24) is 0 Å². The molecule has 0 heterocycles. The Morgan fingerprint density at radius 3 is 1.29 bits per heavy atom. The van der Waals surface area contributed by atoms with Gasteiger partial charge in [-0.2, -0.15) is 0 Å². The van der Waals surface area contributed by atoms with Crippen molar-refractivity contribution >= 4 is 5.97 Å². The van der Waals surface area contributed by atoms with Crippen LogP contribution >= 0.6 is 0 Å². The fourth-order valence-electron chi connectivity index (χ4n) is 0.354. The Morgan fingerprint density at radius 2 is 1.29 bits per heavy atom. The van der Waals surface area contributed by atoms with Gasteiger partial charge in [0.2, 0.25) is 0 Å². The van der Waals surface area contributed by atoms with E-state index in [1.165, 1.54) is 19.3 Å². The molecule has 0 atom stereocenters. The fraction of sp³-hybridized carbons (Fsp3) is 0.917. The molecule has 0 saturated heterocycles. The van der Waals surface area contributed by atoms with Gasteiger partial charge in [-0.15, -0.1) is 0 Å². The summed E-state index contributed by atoms with van der Waals surface area (Å²) in [6.45, 7) is 7.71. The smallest absolute Gasteiger partial charge is 0.305 e. The van der Waals surface area contributed by atoms with Gasteiger partial charge >= 0.3 is 5.97 Å². The number of aliphatic carboxylic acids is 1. The van der Waals surface area contributed by atoms with E-state index in [0.717, 1.165) is 0 Å². The van der Waals surface area contributed by atoms with Crippen molar-refractivity contribution in [2.24, 2.45) is 5.92 Å². The molecule has 0 aliphatic rings. The fourth-order valence-corrected chi connectivity index (χ4v) is 0.354. The van der Waals surface area contributed by atoms with E-state index in [0.29, 0.717) is 0 Å². The van der Waals surface area contributed by atoms with Gasteiger partial charge < -0.3 is 5.11 Å². The SMILES string of the molecule is C.C.C.CC(C)C(=O)O.CCCCC. The van der Waals surface area contributed by atoms with Gasteiger partial charge in [-0.05, 0) is 0 Å². The molecule has 0 unspecified atom stereocenters. The molecule has 0 fully saturated rings. The van der Waals surface area contributed by atoms with Crippen LogP contribution in [0.25, 0.3) is 0 Å². The average Bonchev–Trinajstić information content (AvgIpc) is 1.90. The molecule has 0 radical (unpaired) electrons. The van der Waals surface area contributed by atoms with E-state index in [2.05, 4.69) is 13.8 Å². The minimum Gasteiger partial charge on any atom is -0.481 e. The van der Waals surface area contributed by atoms with E-state index in [-0.39, 0.29) is 28.2 Å². The lowest BCUT2D eigenvalue weighted by Gasteiger charge is -1.89. The summed E-state index contributed by atoms with van der Waals surface area (Å²) in [6.07, 6.45) is 4.08. The minimum atomic E-state index is -0.741. The largest absolute Gasteiger partial charge is 0.481 e. The average molecular weight is 208 g/mol. The lowest BCUT2D eigenvalue weighted by molar-refractivity contribution is -0.140. The van der Waals surface area contributed by atoms with Crippen LogP contribution in [0.4, 0.5) is 0 Å². The number of hydrogen-bond donors (Lipinski definition) is 1. The quantitative estimate of drug-likeness (QED) is 0.721. The zero-order valence-electron chi connectivity index (χ0n) is 8.05. The molecule has 0 aliphatic carbocycles. The molecule has 0 aromatic heterocycles. The van der Waals surface area contributed by atoms with Crippen molar-refractivity contribution in [3.05, 3.63) is 0 Å². The van der Waals surface area contributed by atoms with Gasteiger partial charge in [0.25, 0.3) is 0 Å². The van der Waals surface area contributed by atoms with E-state index in [1.807, 2.05) is 0 Å². The van der Waals surface area contributed by atoms with E-state index >= 15 is 0 Å². The molecule has 0 aliphatic heterocycles. The van der Waals surface area contributed by atoms with E-state index in [9.17, 15) is 4.79 Å². The lowest BCUT2D eigenvalue weighted by atomic mass is 10.2. The second kappa shape index (κ2) is 22.9. The Bertz CT molecular complexity index is 86.3. The molecule has 0 spiro atoms. The van der Waals surface area contributed by atoms with Gasteiger partial charge in [-0.1, -0.05) is 69.2 Å². The predicted octanol–water partition coefficient (Wildman–Crippen LogP) is 4.83.